The first-order chi connectivity index (χ1) is 13.0. The summed E-state index contributed by atoms with van der Waals surface area (Å²) in [5.41, 5.74) is 4.07. The van der Waals surface area contributed by atoms with Gasteiger partial charge in [0.2, 0.25) is 0 Å². The molecule has 0 bridgehead atoms. The number of benzene rings is 2. The standard InChI is InChI=1S/C22H23ClN2O2/c1-16-4-7-19(8-5-16)26-12-13-27-22(18(3)25-11-10-24-15-25)20-9-6-17(2)14-21(20)23/h4-11,14-15H,12-13H2,1-3H3/b22-18-. The van der Waals surface area contributed by atoms with E-state index in [1.54, 1.807) is 12.5 Å². The largest absolute Gasteiger partial charge is 0.490 e. The molecule has 0 saturated carbocycles. The van der Waals surface area contributed by atoms with Gasteiger partial charge in [-0.3, -0.25) is 0 Å². The van der Waals surface area contributed by atoms with Crippen molar-refractivity contribution in [2.24, 2.45) is 0 Å². The number of aryl methyl sites for hydroxylation is 2. The van der Waals surface area contributed by atoms with Gasteiger partial charge >= 0.3 is 0 Å². The van der Waals surface area contributed by atoms with Crippen LogP contribution in [0.15, 0.2) is 61.2 Å². The fourth-order valence-corrected chi connectivity index (χ4v) is 3.01. The molecule has 1 aromatic heterocycles. The van der Waals surface area contributed by atoms with Crippen LogP contribution in [0.5, 0.6) is 5.75 Å². The monoisotopic (exact) mass is 382 g/mol. The van der Waals surface area contributed by atoms with E-state index in [1.165, 1.54) is 5.56 Å². The van der Waals surface area contributed by atoms with E-state index in [2.05, 4.69) is 4.98 Å². The van der Waals surface area contributed by atoms with Gasteiger partial charge in [0, 0.05) is 18.0 Å². The van der Waals surface area contributed by atoms with Gasteiger partial charge in [-0.05, 0) is 50.6 Å². The van der Waals surface area contributed by atoms with E-state index >= 15 is 0 Å². The lowest BCUT2D eigenvalue weighted by atomic mass is 10.1. The predicted molar refractivity (Wildman–Crippen MR) is 110 cm³/mol. The molecule has 0 radical (unpaired) electrons. The fraction of sp³-hybridized carbons (Fsp3) is 0.227. The SMILES string of the molecule is C/C(=C(/OCCOc1ccc(C)cc1)c1ccc(C)cc1Cl)n1ccnc1. The number of hydrogen-bond donors (Lipinski definition) is 0. The summed E-state index contributed by atoms with van der Waals surface area (Å²) in [6.07, 6.45) is 5.35. The van der Waals surface area contributed by atoms with Crippen LogP contribution in [0.3, 0.4) is 0 Å². The molecule has 0 spiro atoms. The van der Waals surface area contributed by atoms with E-state index in [9.17, 15) is 0 Å². The van der Waals surface area contributed by atoms with E-state index in [-0.39, 0.29) is 0 Å². The minimum absolute atomic E-state index is 0.402. The summed E-state index contributed by atoms with van der Waals surface area (Å²) in [5, 5.41) is 0.656. The van der Waals surface area contributed by atoms with Crippen molar-refractivity contribution in [3.05, 3.63) is 82.9 Å². The van der Waals surface area contributed by atoms with Crippen LogP contribution in [0.25, 0.3) is 11.5 Å². The molecule has 2 aromatic carbocycles. The van der Waals surface area contributed by atoms with Crippen LogP contribution in [0.2, 0.25) is 5.02 Å². The Kier molecular flexibility index (Phi) is 6.20. The van der Waals surface area contributed by atoms with Crippen molar-refractivity contribution >= 4 is 23.1 Å². The minimum Gasteiger partial charge on any atom is -0.490 e. The maximum atomic E-state index is 6.48. The van der Waals surface area contributed by atoms with Crippen molar-refractivity contribution < 1.29 is 9.47 Å². The number of imidazole rings is 1. The normalized spacial score (nSPS) is 11.9. The Morgan fingerprint density at radius 1 is 1.04 bits per heavy atom. The smallest absolute Gasteiger partial charge is 0.147 e. The number of nitrogens with zero attached hydrogens (tertiary/aromatic N) is 2. The first-order valence-corrected chi connectivity index (χ1v) is 9.20. The van der Waals surface area contributed by atoms with Crippen LogP contribution in [-0.4, -0.2) is 22.8 Å². The number of ether oxygens (including phenoxy) is 2. The molecule has 1 heterocycles. The maximum Gasteiger partial charge on any atom is 0.147 e. The van der Waals surface area contributed by atoms with Crippen LogP contribution in [-0.2, 0) is 4.74 Å². The molecule has 0 amide bonds. The molecule has 27 heavy (non-hydrogen) atoms. The summed E-state index contributed by atoms with van der Waals surface area (Å²) in [5.74, 6) is 1.54. The van der Waals surface area contributed by atoms with E-state index in [1.807, 2.05) is 74.0 Å². The predicted octanol–water partition coefficient (Wildman–Crippen LogP) is 5.59. The lowest BCUT2D eigenvalue weighted by molar-refractivity contribution is 0.195. The number of hydrogen-bond acceptors (Lipinski definition) is 3. The average Bonchev–Trinajstić information content (AvgIpc) is 3.18. The quantitative estimate of drug-likeness (QED) is 0.394. The Hall–Kier alpha value is -2.72. The zero-order valence-electron chi connectivity index (χ0n) is 15.8. The zero-order valence-corrected chi connectivity index (χ0v) is 16.5. The highest BCUT2D eigenvalue weighted by molar-refractivity contribution is 6.32. The van der Waals surface area contributed by atoms with E-state index in [0.29, 0.717) is 24.0 Å². The lowest BCUT2D eigenvalue weighted by Gasteiger charge is -2.17. The van der Waals surface area contributed by atoms with Crippen LogP contribution in [0.4, 0.5) is 0 Å². The zero-order chi connectivity index (χ0) is 19.2. The average molecular weight is 383 g/mol. The topological polar surface area (TPSA) is 36.3 Å². The van der Waals surface area contributed by atoms with Gasteiger partial charge in [-0.1, -0.05) is 35.4 Å². The van der Waals surface area contributed by atoms with Gasteiger partial charge in [0.1, 0.15) is 24.7 Å². The van der Waals surface area contributed by atoms with E-state index in [4.69, 9.17) is 21.1 Å². The van der Waals surface area contributed by atoms with Crippen molar-refractivity contribution in [2.45, 2.75) is 20.8 Å². The second-order valence-corrected chi connectivity index (χ2v) is 6.78. The van der Waals surface area contributed by atoms with E-state index in [0.717, 1.165) is 22.6 Å². The summed E-state index contributed by atoms with van der Waals surface area (Å²) >= 11 is 6.48. The summed E-state index contributed by atoms with van der Waals surface area (Å²) in [6.45, 7) is 6.88. The van der Waals surface area contributed by atoms with Crippen molar-refractivity contribution in [3.8, 4) is 5.75 Å². The van der Waals surface area contributed by atoms with Gasteiger partial charge in [0.15, 0.2) is 0 Å². The Balaban J connectivity index is 1.76. The second kappa shape index (κ2) is 8.78. The van der Waals surface area contributed by atoms with Gasteiger partial charge in [0.05, 0.1) is 17.0 Å². The van der Waals surface area contributed by atoms with Gasteiger partial charge in [0.25, 0.3) is 0 Å². The van der Waals surface area contributed by atoms with Crippen molar-refractivity contribution in [3.63, 3.8) is 0 Å². The molecule has 0 saturated heterocycles. The van der Waals surface area contributed by atoms with Gasteiger partial charge in [-0.25, -0.2) is 4.98 Å². The van der Waals surface area contributed by atoms with Crippen LogP contribution in [0.1, 0.15) is 23.6 Å². The van der Waals surface area contributed by atoms with Crippen molar-refractivity contribution in [1.29, 1.82) is 0 Å². The molecule has 0 aliphatic heterocycles. The third-order valence-electron chi connectivity index (χ3n) is 4.21. The first kappa shape index (κ1) is 19.1. The minimum atomic E-state index is 0.402. The highest BCUT2D eigenvalue weighted by Gasteiger charge is 2.13. The fourth-order valence-electron chi connectivity index (χ4n) is 2.69. The number of rotatable bonds is 7. The van der Waals surface area contributed by atoms with Crippen molar-refractivity contribution in [2.75, 3.05) is 13.2 Å². The van der Waals surface area contributed by atoms with Crippen molar-refractivity contribution in [1.82, 2.24) is 9.55 Å². The Labute approximate surface area is 165 Å². The lowest BCUT2D eigenvalue weighted by Crippen LogP contribution is -2.08. The number of allylic oxidation sites excluding steroid dienone is 1. The molecule has 0 atom stereocenters. The summed E-state index contributed by atoms with van der Waals surface area (Å²) < 4.78 is 13.8. The molecular weight excluding hydrogens is 360 g/mol. The van der Waals surface area contributed by atoms with E-state index < -0.39 is 0 Å². The molecule has 0 aliphatic carbocycles. The Morgan fingerprint density at radius 2 is 1.78 bits per heavy atom. The van der Waals surface area contributed by atoms with Gasteiger partial charge in [-0.2, -0.15) is 0 Å². The van der Waals surface area contributed by atoms with Gasteiger partial charge < -0.3 is 14.0 Å². The van der Waals surface area contributed by atoms with Gasteiger partial charge in [-0.15, -0.1) is 0 Å². The molecule has 140 valence electrons. The highest BCUT2D eigenvalue weighted by atomic mass is 35.5. The molecule has 3 rings (SSSR count). The molecule has 0 unspecified atom stereocenters. The molecule has 5 heteroatoms. The molecular formula is C22H23ClN2O2. The summed E-state index contributed by atoms with van der Waals surface area (Å²) in [7, 11) is 0. The molecule has 3 aromatic rings. The van der Waals surface area contributed by atoms with Crippen LogP contribution < -0.4 is 4.74 Å². The Morgan fingerprint density at radius 3 is 2.44 bits per heavy atom. The summed E-state index contributed by atoms with van der Waals surface area (Å²) in [6, 6.07) is 13.9. The maximum absolute atomic E-state index is 6.48. The second-order valence-electron chi connectivity index (χ2n) is 6.38. The molecule has 0 fully saturated rings. The first-order valence-electron chi connectivity index (χ1n) is 8.82. The molecule has 0 aliphatic rings. The molecule has 0 N–H and O–H groups in total. The molecule has 4 nitrogen and oxygen atoms in total. The van der Waals surface area contributed by atoms with Crippen LogP contribution >= 0.6 is 11.6 Å². The highest BCUT2D eigenvalue weighted by Crippen LogP contribution is 2.30. The third kappa shape index (κ3) is 4.92. The van der Waals surface area contributed by atoms with Crippen LogP contribution in [0, 0.1) is 13.8 Å². The third-order valence-corrected chi connectivity index (χ3v) is 4.52. The summed E-state index contributed by atoms with van der Waals surface area (Å²) in [4.78, 5) is 4.11. The number of aromatic nitrogens is 2. The number of halogens is 1. The Bertz CT molecular complexity index is 916.